The van der Waals surface area contributed by atoms with Crippen LogP contribution in [0.25, 0.3) is 0 Å². The van der Waals surface area contributed by atoms with Crippen LogP contribution in [0.5, 0.6) is 0 Å². The van der Waals surface area contributed by atoms with Crippen LogP contribution in [0.1, 0.15) is 26.3 Å². The van der Waals surface area contributed by atoms with Crippen LogP contribution in [0.4, 0.5) is 0 Å². The van der Waals surface area contributed by atoms with Crippen molar-refractivity contribution in [2.75, 3.05) is 0 Å². The summed E-state index contributed by atoms with van der Waals surface area (Å²) in [5, 5.41) is 20.5. The molecule has 1 aromatic rings. The first-order valence-electron chi connectivity index (χ1n) is 4.46. The quantitative estimate of drug-likeness (QED) is 0.793. The number of benzene rings is 1. The molecule has 2 N–H and O–H groups in total. The third-order valence-corrected chi connectivity index (χ3v) is 2.85. The fourth-order valence-electron chi connectivity index (χ4n) is 1.13. The summed E-state index contributed by atoms with van der Waals surface area (Å²) in [6.45, 7) is 4.72. The first-order valence-corrected chi connectivity index (χ1v) is 4.84. The molecule has 0 heterocycles. The largest absolute Gasteiger partial charge is 0.387 e. The summed E-state index contributed by atoms with van der Waals surface area (Å²) in [7, 11) is 0. The minimum atomic E-state index is -1.28. The van der Waals surface area contributed by atoms with Crippen molar-refractivity contribution in [2.45, 2.75) is 32.0 Å². The fourth-order valence-corrected chi connectivity index (χ4v) is 1.25. The zero-order chi connectivity index (χ0) is 11.0. The third-order valence-electron chi connectivity index (χ3n) is 2.60. The van der Waals surface area contributed by atoms with Crippen molar-refractivity contribution in [2.24, 2.45) is 0 Å². The van der Waals surface area contributed by atoms with Gasteiger partial charge < -0.3 is 10.2 Å². The average Bonchev–Trinajstić information content (AvgIpc) is 2.03. The van der Waals surface area contributed by atoms with Crippen molar-refractivity contribution < 1.29 is 10.2 Å². The van der Waals surface area contributed by atoms with Crippen LogP contribution in [-0.2, 0) is 5.60 Å². The van der Waals surface area contributed by atoms with E-state index in [9.17, 15) is 10.2 Å². The maximum absolute atomic E-state index is 10.1. The van der Waals surface area contributed by atoms with E-state index in [1.54, 1.807) is 45.0 Å². The second-order valence-electron chi connectivity index (χ2n) is 4.14. The van der Waals surface area contributed by atoms with Gasteiger partial charge in [-0.25, -0.2) is 0 Å². The highest BCUT2D eigenvalue weighted by molar-refractivity contribution is 6.30. The maximum Gasteiger partial charge on any atom is 0.115 e. The van der Waals surface area contributed by atoms with Gasteiger partial charge in [-0.1, -0.05) is 23.7 Å². The summed E-state index contributed by atoms with van der Waals surface area (Å²) in [4.78, 5) is 0. The Morgan fingerprint density at radius 2 is 1.43 bits per heavy atom. The Morgan fingerprint density at radius 1 is 1.00 bits per heavy atom. The third kappa shape index (κ3) is 2.08. The van der Waals surface area contributed by atoms with Gasteiger partial charge in [-0.05, 0) is 38.5 Å². The van der Waals surface area contributed by atoms with Gasteiger partial charge in [0.05, 0.1) is 5.60 Å². The maximum atomic E-state index is 10.1. The summed E-state index contributed by atoms with van der Waals surface area (Å²) in [6.07, 6.45) is 0. The molecule has 0 saturated heterocycles. The number of hydrogen-bond donors (Lipinski definition) is 2. The number of hydrogen-bond acceptors (Lipinski definition) is 2. The molecule has 0 fully saturated rings. The zero-order valence-corrected chi connectivity index (χ0v) is 9.34. The van der Waals surface area contributed by atoms with Crippen molar-refractivity contribution in [1.82, 2.24) is 0 Å². The molecule has 0 aliphatic heterocycles. The Balaban J connectivity index is 3.10. The molecule has 0 saturated carbocycles. The van der Waals surface area contributed by atoms with Crippen LogP contribution < -0.4 is 0 Å². The van der Waals surface area contributed by atoms with Crippen LogP contribution in [0.15, 0.2) is 24.3 Å². The highest BCUT2D eigenvalue weighted by Gasteiger charge is 2.38. The normalized spacial score (nSPS) is 16.4. The Kier molecular flexibility index (Phi) is 2.91. The predicted octanol–water partition coefficient (Wildman–Crippen LogP) is 2.32. The molecule has 0 spiro atoms. The van der Waals surface area contributed by atoms with Crippen molar-refractivity contribution in [1.29, 1.82) is 0 Å². The summed E-state index contributed by atoms with van der Waals surface area (Å²) in [5.74, 6) is 0. The van der Waals surface area contributed by atoms with Crippen molar-refractivity contribution in [3.63, 3.8) is 0 Å². The van der Waals surface area contributed by atoms with Crippen LogP contribution in [-0.4, -0.2) is 15.8 Å². The minimum Gasteiger partial charge on any atom is -0.387 e. The molecule has 1 aromatic carbocycles. The molecule has 0 bridgehead atoms. The zero-order valence-electron chi connectivity index (χ0n) is 8.58. The van der Waals surface area contributed by atoms with Gasteiger partial charge >= 0.3 is 0 Å². The predicted molar refractivity (Wildman–Crippen MR) is 57.3 cm³/mol. The molecule has 3 heteroatoms. The molecule has 0 amide bonds. The molecule has 0 unspecified atom stereocenters. The Morgan fingerprint density at radius 3 is 1.79 bits per heavy atom. The van der Waals surface area contributed by atoms with E-state index in [4.69, 9.17) is 11.6 Å². The van der Waals surface area contributed by atoms with Crippen LogP contribution in [0.3, 0.4) is 0 Å². The van der Waals surface area contributed by atoms with Crippen molar-refractivity contribution in [3.05, 3.63) is 34.9 Å². The number of rotatable bonds is 2. The van der Waals surface area contributed by atoms with Crippen molar-refractivity contribution >= 4 is 11.6 Å². The highest BCUT2D eigenvalue weighted by atomic mass is 35.5. The highest BCUT2D eigenvalue weighted by Crippen LogP contribution is 2.32. The average molecular weight is 215 g/mol. The smallest absolute Gasteiger partial charge is 0.115 e. The number of aliphatic hydroxyl groups is 2. The number of halogens is 1. The van der Waals surface area contributed by atoms with Gasteiger partial charge in [-0.3, -0.25) is 0 Å². The lowest BCUT2D eigenvalue weighted by atomic mass is 9.82. The van der Waals surface area contributed by atoms with Crippen LogP contribution in [0, 0.1) is 0 Å². The van der Waals surface area contributed by atoms with E-state index in [1.807, 2.05) is 0 Å². The van der Waals surface area contributed by atoms with Gasteiger partial charge in [0.1, 0.15) is 5.60 Å². The molecule has 0 aliphatic rings. The molecular weight excluding hydrogens is 200 g/mol. The Hall–Kier alpha value is -0.570. The van der Waals surface area contributed by atoms with Crippen LogP contribution >= 0.6 is 11.6 Å². The minimum absolute atomic E-state index is 0.611. The fraction of sp³-hybridized carbons (Fsp3) is 0.455. The first-order chi connectivity index (χ1) is 6.25. The van der Waals surface area contributed by atoms with E-state index >= 15 is 0 Å². The van der Waals surface area contributed by atoms with E-state index in [0.29, 0.717) is 10.6 Å². The molecule has 1 atom stereocenters. The van der Waals surface area contributed by atoms with E-state index in [-0.39, 0.29) is 0 Å². The van der Waals surface area contributed by atoms with Crippen molar-refractivity contribution in [3.8, 4) is 0 Å². The summed E-state index contributed by atoms with van der Waals surface area (Å²) >= 11 is 5.73. The standard InChI is InChI=1S/C11H15ClO2/c1-10(2,13)11(3,14)8-4-6-9(12)7-5-8/h4-7,13-14H,1-3H3/t11-/m0/s1. The molecule has 78 valence electrons. The first kappa shape index (κ1) is 11.5. The topological polar surface area (TPSA) is 40.5 Å². The molecule has 0 radical (unpaired) electrons. The van der Waals surface area contributed by atoms with Crippen LogP contribution in [0.2, 0.25) is 5.02 Å². The summed E-state index contributed by atoms with van der Waals surface area (Å²) in [6, 6.07) is 6.80. The van der Waals surface area contributed by atoms with E-state index in [1.165, 1.54) is 0 Å². The van der Waals surface area contributed by atoms with E-state index in [0.717, 1.165) is 0 Å². The second-order valence-corrected chi connectivity index (χ2v) is 4.57. The molecule has 2 nitrogen and oxygen atoms in total. The molecule has 0 aliphatic carbocycles. The Labute approximate surface area is 89.1 Å². The molecule has 1 rings (SSSR count). The monoisotopic (exact) mass is 214 g/mol. The summed E-state index contributed by atoms with van der Waals surface area (Å²) in [5.41, 5.74) is -1.83. The molecule has 14 heavy (non-hydrogen) atoms. The Bertz CT molecular complexity index is 309. The summed E-state index contributed by atoms with van der Waals surface area (Å²) < 4.78 is 0. The van der Waals surface area contributed by atoms with Gasteiger partial charge in [0.15, 0.2) is 0 Å². The lowest BCUT2D eigenvalue weighted by molar-refractivity contribution is -0.125. The van der Waals surface area contributed by atoms with Gasteiger partial charge in [0, 0.05) is 5.02 Å². The van der Waals surface area contributed by atoms with Gasteiger partial charge in [-0.15, -0.1) is 0 Å². The van der Waals surface area contributed by atoms with Gasteiger partial charge in [-0.2, -0.15) is 0 Å². The SMILES string of the molecule is CC(C)(O)[C@@](C)(O)c1ccc(Cl)cc1. The second kappa shape index (κ2) is 3.54. The lowest BCUT2D eigenvalue weighted by Gasteiger charge is -2.36. The molecule has 0 aromatic heterocycles. The molecular formula is C11H15ClO2. The lowest BCUT2D eigenvalue weighted by Crippen LogP contribution is -2.44. The van der Waals surface area contributed by atoms with E-state index in [2.05, 4.69) is 0 Å². The van der Waals surface area contributed by atoms with Gasteiger partial charge in [0.25, 0.3) is 0 Å². The van der Waals surface area contributed by atoms with E-state index < -0.39 is 11.2 Å². The van der Waals surface area contributed by atoms with Gasteiger partial charge in [0.2, 0.25) is 0 Å².